The molecule has 0 aliphatic rings. The summed E-state index contributed by atoms with van der Waals surface area (Å²) in [6, 6.07) is 0. The maximum absolute atomic E-state index is 11.1. The van der Waals surface area contributed by atoms with Crippen LogP contribution >= 0.6 is 0 Å². The predicted octanol–water partition coefficient (Wildman–Crippen LogP) is 1.51. The molecule has 0 fully saturated rings. The highest BCUT2D eigenvalue weighted by atomic mass is 32.2. The molecule has 15 heavy (non-hydrogen) atoms. The molecule has 0 spiro atoms. The molecular formula is C9H16O5S. The quantitative estimate of drug-likeness (QED) is 0.411. The van der Waals surface area contributed by atoms with Crippen LogP contribution in [0.5, 0.6) is 0 Å². The van der Waals surface area contributed by atoms with Crippen LogP contribution < -0.4 is 0 Å². The van der Waals surface area contributed by atoms with Crippen molar-refractivity contribution in [1.29, 1.82) is 0 Å². The maximum Gasteiger partial charge on any atom is 0.307 e. The van der Waals surface area contributed by atoms with Crippen LogP contribution in [0.15, 0.2) is 12.7 Å². The van der Waals surface area contributed by atoms with Crippen molar-refractivity contribution in [2.24, 2.45) is 0 Å². The van der Waals surface area contributed by atoms with Crippen LogP contribution in [0.2, 0.25) is 0 Å². The Morgan fingerprint density at radius 2 is 2.20 bits per heavy atom. The van der Waals surface area contributed by atoms with Crippen molar-refractivity contribution in [2.45, 2.75) is 38.0 Å². The van der Waals surface area contributed by atoms with E-state index in [1.807, 2.05) is 0 Å². The Hall–Kier alpha value is -0.880. The Bertz CT molecular complexity index is 306. The van der Waals surface area contributed by atoms with E-state index in [0.717, 1.165) is 0 Å². The number of carbonyl (C=O) groups excluding carboxylic acids is 1. The number of esters is 1. The number of allylic oxidation sites excluding steroid dienone is 1. The molecule has 1 unspecified atom stereocenters. The third kappa shape index (κ3) is 6.24. The van der Waals surface area contributed by atoms with Crippen molar-refractivity contribution in [1.82, 2.24) is 0 Å². The van der Waals surface area contributed by atoms with E-state index in [2.05, 4.69) is 11.3 Å². The smallest absolute Gasteiger partial charge is 0.307 e. The van der Waals surface area contributed by atoms with Crippen molar-refractivity contribution in [3.8, 4) is 0 Å². The SMILES string of the molecule is C=CCCC(=O)OC(CCC)S(=O)(=O)O. The van der Waals surface area contributed by atoms with Gasteiger partial charge in [-0.1, -0.05) is 19.4 Å². The van der Waals surface area contributed by atoms with Gasteiger partial charge in [0, 0.05) is 12.8 Å². The molecule has 0 aliphatic carbocycles. The molecule has 0 saturated carbocycles. The van der Waals surface area contributed by atoms with Crippen molar-refractivity contribution in [2.75, 3.05) is 0 Å². The van der Waals surface area contributed by atoms with Crippen molar-refractivity contribution in [3.63, 3.8) is 0 Å². The standard InChI is InChI=1S/C9H16O5S/c1-3-5-7-8(10)14-9(6-4-2)15(11,12)13/h3,9H,1,4-7H2,2H3,(H,11,12,13). The van der Waals surface area contributed by atoms with E-state index < -0.39 is 21.5 Å². The van der Waals surface area contributed by atoms with E-state index in [9.17, 15) is 13.2 Å². The third-order valence-electron chi connectivity index (χ3n) is 1.67. The summed E-state index contributed by atoms with van der Waals surface area (Å²) in [6.45, 7) is 5.15. The number of ether oxygens (including phenoxy) is 1. The monoisotopic (exact) mass is 236 g/mol. The van der Waals surface area contributed by atoms with Crippen LogP contribution in [0.25, 0.3) is 0 Å². The maximum atomic E-state index is 11.1. The minimum absolute atomic E-state index is 0.0687. The molecule has 88 valence electrons. The van der Waals surface area contributed by atoms with Crippen LogP contribution in [-0.4, -0.2) is 24.4 Å². The summed E-state index contributed by atoms with van der Waals surface area (Å²) in [4.78, 5) is 11.1. The molecule has 0 aromatic rings. The van der Waals surface area contributed by atoms with Crippen LogP contribution in [0.4, 0.5) is 0 Å². The van der Waals surface area contributed by atoms with E-state index in [4.69, 9.17) is 4.55 Å². The molecule has 0 rings (SSSR count). The predicted molar refractivity (Wildman–Crippen MR) is 55.8 cm³/mol. The highest BCUT2D eigenvalue weighted by Crippen LogP contribution is 2.10. The van der Waals surface area contributed by atoms with Gasteiger partial charge >= 0.3 is 16.1 Å². The molecule has 0 aromatic carbocycles. The number of hydrogen-bond acceptors (Lipinski definition) is 4. The summed E-state index contributed by atoms with van der Waals surface area (Å²) in [5.74, 6) is -0.647. The van der Waals surface area contributed by atoms with Crippen LogP contribution in [0.3, 0.4) is 0 Å². The Morgan fingerprint density at radius 1 is 1.60 bits per heavy atom. The highest BCUT2D eigenvalue weighted by Gasteiger charge is 2.25. The highest BCUT2D eigenvalue weighted by molar-refractivity contribution is 7.86. The normalized spacial score (nSPS) is 13.2. The van der Waals surface area contributed by atoms with Gasteiger partial charge in [-0.05, 0) is 6.42 Å². The molecule has 1 N–H and O–H groups in total. The van der Waals surface area contributed by atoms with Crippen LogP contribution in [0.1, 0.15) is 32.6 Å². The molecule has 0 radical (unpaired) electrons. The second-order valence-electron chi connectivity index (χ2n) is 3.05. The fourth-order valence-corrected chi connectivity index (χ4v) is 1.69. The zero-order chi connectivity index (χ0) is 11.9. The van der Waals surface area contributed by atoms with Crippen molar-refractivity contribution >= 4 is 16.1 Å². The van der Waals surface area contributed by atoms with E-state index in [0.29, 0.717) is 12.8 Å². The first-order valence-corrected chi connectivity index (χ1v) is 6.18. The Morgan fingerprint density at radius 3 is 2.60 bits per heavy atom. The van der Waals surface area contributed by atoms with E-state index in [-0.39, 0.29) is 12.8 Å². The van der Waals surface area contributed by atoms with Crippen LogP contribution in [0, 0.1) is 0 Å². The van der Waals surface area contributed by atoms with Gasteiger partial charge in [-0.15, -0.1) is 6.58 Å². The van der Waals surface area contributed by atoms with Gasteiger partial charge in [0.15, 0.2) is 0 Å². The molecule has 1 atom stereocenters. The molecule has 0 amide bonds. The number of carbonyl (C=O) groups is 1. The minimum atomic E-state index is -4.32. The van der Waals surface area contributed by atoms with Gasteiger partial charge in [-0.25, -0.2) is 0 Å². The summed E-state index contributed by atoms with van der Waals surface area (Å²) < 4.78 is 35.0. The summed E-state index contributed by atoms with van der Waals surface area (Å²) in [6.07, 6.45) is 2.61. The van der Waals surface area contributed by atoms with Gasteiger partial charge in [0.2, 0.25) is 5.44 Å². The largest absolute Gasteiger partial charge is 0.443 e. The zero-order valence-electron chi connectivity index (χ0n) is 8.68. The van der Waals surface area contributed by atoms with Gasteiger partial charge in [0.1, 0.15) is 0 Å². The lowest BCUT2D eigenvalue weighted by Gasteiger charge is -2.13. The van der Waals surface area contributed by atoms with Gasteiger partial charge in [-0.2, -0.15) is 8.42 Å². The van der Waals surface area contributed by atoms with E-state index >= 15 is 0 Å². The summed E-state index contributed by atoms with van der Waals surface area (Å²) in [5.41, 5.74) is -1.44. The van der Waals surface area contributed by atoms with Gasteiger partial charge < -0.3 is 4.74 Å². The molecule has 0 saturated heterocycles. The van der Waals surface area contributed by atoms with E-state index in [1.54, 1.807) is 6.92 Å². The molecule has 0 aliphatic heterocycles. The lowest BCUT2D eigenvalue weighted by Crippen LogP contribution is -2.26. The van der Waals surface area contributed by atoms with Crippen molar-refractivity contribution in [3.05, 3.63) is 12.7 Å². The second kappa shape index (κ2) is 6.58. The lowest BCUT2D eigenvalue weighted by molar-refractivity contribution is -0.145. The molecular weight excluding hydrogens is 220 g/mol. The van der Waals surface area contributed by atoms with Crippen LogP contribution in [-0.2, 0) is 19.6 Å². The van der Waals surface area contributed by atoms with Gasteiger partial charge in [0.05, 0.1) is 0 Å². The summed E-state index contributed by atoms with van der Waals surface area (Å²) in [7, 11) is -4.32. The fourth-order valence-electron chi connectivity index (χ4n) is 0.930. The Kier molecular flexibility index (Phi) is 6.19. The second-order valence-corrected chi connectivity index (χ2v) is 4.61. The molecule has 0 bridgehead atoms. The fraction of sp³-hybridized carbons (Fsp3) is 0.667. The first kappa shape index (κ1) is 14.1. The van der Waals surface area contributed by atoms with E-state index in [1.165, 1.54) is 6.08 Å². The molecule has 0 heterocycles. The zero-order valence-corrected chi connectivity index (χ0v) is 9.50. The summed E-state index contributed by atoms with van der Waals surface area (Å²) >= 11 is 0. The number of hydrogen-bond donors (Lipinski definition) is 1. The lowest BCUT2D eigenvalue weighted by atomic mass is 10.3. The Labute approximate surface area is 89.9 Å². The average molecular weight is 236 g/mol. The van der Waals surface area contributed by atoms with Crippen molar-refractivity contribution < 1.29 is 22.5 Å². The topological polar surface area (TPSA) is 80.7 Å². The molecule has 0 aromatic heterocycles. The minimum Gasteiger partial charge on any atom is -0.443 e. The molecule has 6 heteroatoms. The first-order chi connectivity index (χ1) is 6.91. The first-order valence-electron chi connectivity index (χ1n) is 4.68. The molecule has 5 nitrogen and oxygen atoms in total. The number of rotatable bonds is 7. The third-order valence-corrected chi connectivity index (χ3v) is 2.67. The summed E-state index contributed by atoms with van der Waals surface area (Å²) in [5, 5.41) is 0. The Balaban J connectivity index is 4.29. The van der Waals surface area contributed by atoms with Gasteiger partial charge in [-0.3, -0.25) is 9.35 Å². The van der Waals surface area contributed by atoms with Gasteiger partial charge in [0.25, 0.3) is 0 Å². The average Bonchev–Trinajstić information content (AvgIpc) is 2.12.